The summed E-state index contributed by atoms with van der Waals surface area (Å²) in [5.74, 6) is -0.901. The zero-order chi connectivity index (χ0) is 13.1. The van der Waals surface area contributed by atoms with Crippen molar-refractivity contribution >= 4 is 11.7 Å². The maximum Gasteiger partial charge on any atom is 0.335 e. The average Bonchev–Trinajstić information content (AvgIpc) is 2.39. The molecular formula is C14H16N2O2. The Morgan fingerprint density at radius 3 is 3.00 bits per heavy atom. The van der Waals surface area contributed by atoms with Crippen LogP contribution in [0.15, 0.2) is 18.2 Å². The van der Waals surface area contributed by atoms with Crippen molar-refractivity contribution in [2.75, 3.05) is 11.4 Å². The topological polar surface area (TPSA) is 64.3 Å². The van der Waals surface area contributed by atoms with E-state index in [1.807, 2.05) is 13.0 Å². The fourth-order valence-corrected chi connectivity index (χ4v) is 2.46. The standard InChI is InChI=1S/C14H16N2O2/c1-2-12(9-15)16-7-3-4-10-8-11(14(17)18)5-6-13(10)16/h5-6,8,12H,2-4,7H2,1H3,(H,17,18). The number of fused-ring (bicyclic) bond motifs is 1. The van der Waals surface area contributed by atoms with Crippen LogP contribution in [-0.2, 0) is 6.42 Å². The van der Waals surface area contributed by atoms with Crippen molar-refractivity contribution in [3.05, 3.63) is 29.3 Å². The number of nitrogens with zero attached hydrogens (tertiary/aromatic N) is 2. The minimum Gasteiger partial charge on any atom is -0.478 e. The highest BCUT2D eigenvalue weighted by molar-refractivity contribution is 5.88. The molecule has 0 saturated heterocycles. The van der Waals surface area contributed by atoms with Gasteiger partial charge in [0.05, 0.1) is 11.6 Å². The van der Waals surface area contributed by atoms with E-state index < -0.39 is 5.97 Å². The number of nitriles is 1. The number of carboxylic acids is 1. The van der Waals surface area contributed by atoms with Crippen LogP contribution in [-0.4, -0.2) is 23.7 Å². The molecule has 1 aromatic carbocycles. The maximum absolute atomic E-state index is 10.9. The van der Waals surface area contributed by atoms with E-state index in [1.54, 1.807) is 12.1 Å². The van der Waals surface area contributed by atoms with E-state index in [4.69, 9.17) is 10.4 Å². The van der Waals surface area contributed by atoms with Gasteiger partial charge in [-0.05, 0) is 43.0 Å². The van der Waals surface area contributed by atoms with E-state index in [1.165, 1.54) is 0 Å². The van der Waals surface area contributed by atoms with Gasteiger partial charge in [-0.15, -0.1) is 0 Å². The molecule has 1 aliphatic rings. The highest BCUT2D eigenvalue weighted by Crippen LogP contribution is 2.30. The molecule has 18 heavy (non-hydrogen) atoms. The van der Waals surface area contributed by atoms with Crippen molar-refractivity contribution in [1.29, 1.82) is 5.26 Å². The monoisotopic (exact) mass is 244 g/mol. The lowest BCUT2D eigenvalue weighted by Gasteiger charge is -2.34. The van der Waals surface area contributed by atoms with Crippen LogP contribution in [0.2, 0.25) is 0 Å². The van der Waals surface area contributed by atoms with Crippen LogP contribution in [0.4, 0.5) is 5.69 Å². The molecule has 1 aliphatic heterocycles. The number of hydrogen-bond acceptors (Lipinski definition) is 3. The highest BCUT2D eigenvalue weighted by Gasteiger charge is 2.23. The molecule has 0 fully saturated rings. The van der Waals surface area contributed by atoms with E-state index >= 15 is 0 Å². The fourth-order valence-electron chi connectivity index (χ4n) is 2.46. The Morgan fingerprint density at radius 1 is 1.61 bits per heavy atom. The number of hydrogen-bond donors (Lipinski definition) is 1. The van der Waals surface area contributed by atoms with Gasteiger partial charge >= 0.3 is 5.97 Å². The summed E-state index contributed by atoms with van der Waals surface area (Å²) >= 11 is 0. The van der Waals surface area contributed by atoms with Crippen LogP contribution in [0, 0.1) is 11.3 Å². The van der Waals surface area contributed by atoms with Crippen molar-refractivity contribution in [2.24, 2.45) is 0 Å². The smallest absolute Gasteiger partial charge is 0.335 e. The van der Waals surface area contributed by atoms with Crippen molar-refractivity contribution < 1.29 is 9.90 Å². The third-order valence-electron chi connectivity index (χ3n) is 3.39. The highest BCUT2D eigenvalue weighted by atomic mass is 16.4. The van der Waals surface area contributed by atoms with E-state index in [0.29, 0.717) is 5.56 Å². The Labute approximate surface area is 106 Å². The minimum absolute atomic E-state index is 0.125. The molecule has 0 amide bonds. The summed E-state index contributed by atoms with van der Waals surface area (Å²) in [5, 5.41) is 18.1. The molecule has 1 aromatic rings. The van der Waals surface area contributed by atoms with Crippen LogP contribution < -0.4 is 4.90 Å². The van der Waals surface area contributed by atoms with Gasteiger partial charge in [-0.2, -0.15) is 5.26 Å². The van der Waals surface area contributed by atoms with Gasteiger partial charge in [-0.25, -0.2) is 4.79 Å². The third kappa shape index (κ3) is 2.17. The first-order chi connectivity index (χ1) is 8.67. The predicted molar refractivity (Wildman–Crippen MR) is 68.8 cm³/mol. The first-order valence-corrected chi connectivity index (χ1v) is 6.19. The summed E-state index contributed by atoms with van der Waals surface area (Å²) in [4.78, 5) is 13.0. The molecule has 1 N–H and O–H groups in total. The first kappa shape index (κ1) is 12.4. The lowest BCUT2D eigenvalue weighted by atomic mass is 9.97. The van der Waals surface area contributed by atoms with Crippen molar-refractivity contribution in [2.45, 2.75) is 32.2 Å². The van der Waals surface area contributed by atoms with Gasteiger partial charge in [0.1, 0.15) is 6.04 Å². The predicted octanol–water partition coefficient (Wildman–Crippen LogP) is 2.44. The van der Waals surface area contributed by atoms with Gasteiger partial charge in [0.25, 0.3) is 0 Å². The lowest BCUT2D eigenvalue weighted by Crippen LogP contribution is -2.37. The Kier molecular flexibility index (Phi) is 3.52. The van der Waals surface area contributed by atoms with Crippen LogP contribution in [0.25, 0.3) is 0 Å². The maximum atomic E-state index is 10.9. The van der Waals surface area contributed by atoms with Crippen LogP contribution in [0.1, 0.15) is 35.7 Å². The number of rotatable bonds is 3. The van der Waals surface area contributed by atoms with Gasteiger partial charge in [0.15, 0.2) is 0 Å². The zero-order valence-electron chi connectivity index (χ0n) is 10.4. The summed E-state index contributed by atoms with van der Waals surface area (Å²) in [6.07, 6.45) is 2.62. The lowest BCUT2D eigenvalue weighted by molar-refractivity contribution is 0.0697. The summed E-state index contributed by atoms with van der Waals surface area (Å²) in [7, 11) is 0. The zero-order valence-corrected chi connectivity index (χ0v) is 10.4. The number of aryl methyl sites for hydroxylation is 1. The van der Waals surface area contributed by atoms with Crippen LogP contribution in [0.5, 0.6) is 0 Å². The second kappa shape index (κ2) is 5.09. The molecule has 4 nitrogen and oxygen atoms in total. The van der Waals surface area contributed by atoms with Gasteiger partial charge in [0.2, 0.25) is 0 Å². The largest absolute Gasteiger partial charge is 0.478 e. The second-order valence-corrected chi connectivity index (χ2v) is 4.50. The van der Waals surface area contributed by atoms with Crippen molar-refractivity contribution in [3.8, 4) is 6.07 Å². The number of aromatic carboxylic acids is 1. The quantitative estimate of drug-likeness (QED) is 0.887. The number of anilines is 1. The van der Waals surface area contributed by atoms with E-state index in [9.17, 15) is 4.79 Å². The van der Waals surface area contributed by atoms with Gasteiger partial charge in [-0.3, -0.25) is 0 Å². The molecule has 0 bridgehead atoms. The van der Waals surface area contributed by atoms with E-state index in [2.05, 4.69) is 11.0 Å². The first-order valence-electron chi connectivity index (χ1n) is 6.19. The van der Waals surface area contributed by atoms with Gasteiger partial charge in [0, 0.05) is 12.2 Å². The molecule has 1 heterocycles. The fraction of sp³-hybridized carbons (Fsp3) is 0.429. The summed E-state index contributed by atoms with van der Waals surface area (Å²) in [5.41, 5.74) is 2.37. The molecule has 2 rings (SSSR count). The molecule has 0 spiro atoms. The van der Waals surface area contributed by atoms with Crippen LogP contribution >= 0.6 is 0 Å². The third-order valence-corrected chi connectivity index (χ3v) is 3.39. The van der Waals surface area contributed by atoms with Gasteiger partial charge < -0.3 is 10.0 Å². The molecule has 0 radical (unpaired) electrons. The normalized spacial score (nSPS) is 15.7. The summed E-state index contributed by atoms with van der Waals surface area (Å²) in [6, 6.07) is 7.36. The Morgan fingerprint density at radius 2 is 2.39 bits per heavy atom. The Balaban J connectivity index is 2.39. The number of carboxylic acid groups (broad SMARTS) is 1. The molecule has 1 atom stereocenters. The molecule has 0 aromatic heterocycles. The molecular weight excluding hydrogens is 228 g/mol. The molecule has 0 saturated carbocycles. The summed E-state index contributed by atoms with van der Waals surface area (Å²) in [6.45, 7) is 2.86. The average molecular weight is 244 g/mol. The van der Waals surface area contributed by atoms with Crippen molar-refractivity contribution in [3.63, 3.8) is 0 Å². The minimum atomic E-state index is -0.901. The van der Waals surface area contributed by atoms with E-state index in [-0.39, 0.29) is 6.04 Å². The summed E-state index contributed by atoms with van der Waals surface area (Å²) < 4.78 is 0. The molecule has 1 unspecified atom stereocenters. The van der Waals surface area contributed by atoms with Crippen molar-refractivity contribution in [1.82, 2.24) is 0 Å². The van der Waals surface area contributed by atoms with Gasteiger partial charge in [-0.1, -0.05) is 6.92 Å². The van der Waals surface area contributed by atoms with E-state index in [0.717, 1.165) is 37.1 Å². The van der Waals surface area contributed by atoms with Crippen LogP contribution in [0.3, 0.4) is 0 Å². The molecule has 0 aliphatic carbocycles. The Hall–Kier alpha value is -2.02. The second-order valence-electron chi connectivity index (χ2n) is 4.50. The molecule has 94 valence electrons. The Bertz CT molecular complexity index is 505. The number of benzene rings is 1. The molecule has 4 heteroatoms. The SMILES string of the molecule is CCC(C#N)N1CCCc2cc(C(=O)O)ccc21. The number of carbonyl (C=O) groups is 1.